The number of hydrogen-bond acceptors (Lipinski definition) is 3. The van der Waals surface area contributed by atoms with Crippen molar-refractivity contribution in [1.82, 2.24) is 0 Å². The Morgan fingerprint density at radius 2 is 2.21 bits per heavy atom. The molecule has 0 amide bonds. The van der Waals surface area contributed by atoms with Crippen LogP contribution < -0.4 is 11.1 Å². The molecule has 1 heterocycles. The van der Waals surface area contributed by atoms with Gasteiger partial charge in [-0.1, -0.05) is 24.4 Å². The van der Waals surface area contributed by atoms with Gasteiger partial charge >= 0.3 is 0 Å². The van der Waals surface area contributed by atoms with E-state index >= 15 is 0 Å². The summed E-state index contributed by atoms with van der Waals surface area (Å²) in [4.78, 5) is 1.36. The van der Waals surface area contributed by atoms with Crippen LogP contribution in [0.5, 0.6) is 0 Å². The lowest BCUT2D eigenvalue weighted by atomic mass is 10.1. The minimum atomic E-state index is -0.388. The molecule has 100 valence electrons. The zero-order chi connectivity index (χ0) is 13.8. The van der Waals surface area contributed by atoms with Crippen LogP contribution >= 0.6 is 23.6 Å². The van der Waals surface area contributed by atoms with E-state index in [4.69, 9.17) is 18.0 Å². The normalized spacial score (nSPS) is 12.1. The van der Waals surface area contributed by atoms with E-state index in [0.717, 1.165) is 6.42 Å². The van der Waals surface area contributed by atoms with Crippen LogP contribution in [-0.2, 0) is 6.42 Å². The van der Waals surface area contributed by atoms with E-state index in [-0.39, 0.29) is 22.4 Å². The number of thiocarbonyl (C=S) groups is 1. The number of nitrogens with two attached hydrogens (primary N) is 1. The molecule has 0 spiro atoms. The SMILES string of the molecule is CC(Cc1cccs1)Nc1cccc(F)c1C(N)=S. The summed E-state index contributed by atoms with van der Waals surface area (Å²) in [6.45, 7) is 2.05. The summed E-state index contributed by atoms with van der Waals surface area (Å²) >= 11 is 6.62. The van der Waals surface area contributed by atoms with E-state index in [9.17, 15) is 4.39 Å². The average molecular weight is 294 g/mol. The Labute approximate surface area is 121 Å². The highest BCUT2D eigenvalue weighted by Crippen LogP contribution is 2.21. The lowest BCUT2D eigenvalue weighted by Gasteiger charge is -2.17. The van der Waals surface area contributed by atoms with Gasteiger partial charge < -0.3 is 11.1 Å². The molecule has 2 rings (SSSR count). The summed E-state index contributed by atoms with van der Waals surface area (Å²) in [6.07, 6.45) is 0.880. The largest absolute Gasteiger partial charge is 0.389 e. The molecule has 5 heteroatoms. The van der Waals surface area contributed by atoms with Crippen LogP contribution in [0.2, 0.25) is 0 Å². The first-order valence-electron chi connectivity index (χ1n) is 5.95. The van der Waals surface area contributed by atoms with Gasteiger partial charge in [0.1, 0.15) is 10.8 Å². The topological polar surface area (TPSA) is 38.0 Å². The molecule has 1 atom stereocenters. The molecule has 0 radical (unpaired) electrons. The van der Waals surface area contributed by atoms with Gasteiger partial charge in [0.25, 0.3) is 0 Å². The maximum Gasteiger partial charge on any atom is 0.135 e. The van der Waals surface area contributed by atoms with Crippen molar-refractivity contribution in [2.45, 2.75) is 19.4 Å². The number of nitrogens with one attached hydrogen (secondary N) is 1. The molecular weight excluding hydrogens is 279 g/mol. The molecule has 19 heavy (non-hydrogen) atoms. The van der Waals surface area contributed by atoms with Crippen LogP contribution in [0.1, 0.15) is 17.4 Å². The van der Waals surface area contributed by atoms with Gasteiger partial charge in [0.2, 0.25) is 0 Å². The number of thiophene rings is 1. The average Bonchev–Trinajstić information content (AvgIpc) is 2.81. The van der Waals surface area contributed by atoms with Gasteiger partial charge in [-0.2, -0.15) is 0 Å². The number of halogens is 1. The van der Waals surface area contributed by atoms with Crippen molar-refractivity contribution in [1.29, 1.82) is 0 Å². The fraction of sp³-hybridized carbons (Fsp3) is 0.214. The first kappa shape index (κ1) is 14.0. The number of rotatable bonds is 5. The summed E-state index contributed by atoms with van der Waals surface area (Å²) in [5.74, 6) is -0.388. The third kappa shape index (κ3) is 3.52. The van der Waals surface area contributed by atoms with Crippen LogP contribution in [0.4, 0.5) is 10.1 Å². The van der Waals surface area contributed by atoms with Crippen LogP contribution in [0.15, 0.2) is 35.7 Å². The van der Waals surface area contributed by atoms with Gasteiger partial charge in [-0.15, -0.1) is 11.3 Å². The van der Waals surface area contributed by atoms with Crippen molar-refractivity contribution in [3.8, 4) is 0 Å². The summed E-state index contributed by atoms with van der Waals surface area (Å²) < 4.78 is 13.7. The van der Waals surface area contributed by atoms with Crippen molar-refractivity contribution < 1.29 is 4.39 Å². The Bertz CT molecular complexity index is 567. The minimum Gasteiger partial charge on any atom is -0.389 e. The quantitative estimate of drug-likeness (QED) is 0.828. The molecule has 0 aliphatic carbocycles. The Morgan fingerprint density at radius 3 is 2.84 bits per heavy atom. The zero-order valence-electron chi connectivity index (χ0n) is 10.5. The van der Waals surface area contributed by atoms with Gasteiger partial charge in [0, 0.05) is 23.0 Å². The van der Waals surface area contributed by atoms with Gasteiger partial charge in [-0.3, -0.25) is 0 Å². The molecule has 2 aromatic rings. The van der Waals surface area contributed by atoms with Gasteiger partial charge in [0.15, 0.2) is 0 Å². The minimum absolute atomic E-state index is 0.0731. The van der Waals surface area contributed by atoms with Crippen molar-refractivity contribution in [2.24, 2.45) is 5.73 Å². The van der Waals surface area contributed by atoms with Crippen LogP contribution in [0, 0.1) is 5.82 Å². The molecule has 1 unspecified atom stereocenters. The Hall–Kier alpha value is -1.46. The summed E-state index contributed by atoms with van der Waals surface area (Å²) in [5, 5.41) is 5.32. The predicted molar refractivity (Wildman–Crippen MR) is 83.4 cm³/mol. The van der Waals surface area contributed by atoms with E-state index in [0.29, 0.717) is 5.69 Å². The standard InChI is InChI=1S/C14H15FN2S2/c1-9(8-10-4-3-7-19-10)17-12-6-2-5-11(15)13(12)14(16)18/h2-7,9,17H,8H2,1H3,(H2,16,18). The smallest absolute Gasteiger partial charge is 0.135 e. The highest BCUT2D eigenvalue weighted by molar-refractivity contribution is 7.80. The maximum absolute atomic E-state index is 13.7. The lowest BCUT2D eigenvalue weighted by molar-refractivity contribution is 0.625. The van der Waals surface area contributed by atoms with Gasteiger partial charge in [-0.25, -0.2) is 4.39 Å². The molecule has 1 aromatic carbocycles. The second-order valence-electron chi connectivity index (χ2n) is 4.36. The first-order valence-corrected chi connectivity index (χ1v) is 7.24. The Balaban J connectivity index is 2.14. The monoisotopic (exact) mass is 294 g/mol. The molecule has 2 nitrogen and oxygen atoms in total. The van der Waals surface area contributed by atoms with Crippen molar-refractivity contribution in [3.05, 3.63) is 52.0 Å². The summed E-state index contributed by atoms with van der Waals surface area (Å²) in [7, 11) is 0. The summed E-state index contributed by atoms with van der Waals surface area (Å²) in [6, 6.07) is 9.09. The molecular formula is C14H15FN2S2. The zero-order valence-corrected chi connectivity index (χ0v) is 12.2. The third-order valence-corrected chi connectivity index (χ3v) is 3.85. The van der Waals surface area contributed by atoms with Gasteiger partial charge in [0.05, 0.1) is 5.56 Å². The van der Waals surface area contributed by atoms with Crippen molar-refractivity contribution >= 4 is 34.2 Å². The third-order valence-electron chi connectivity index (χ3n) is 2.75. The Morgan fingerprint density at radius 1 is 1.42 bits per heavy atom. The van der Waals surface area contributed by atoms with Crippen LogP contribution in [0.25, 0.3) is 0 Å². The van der Waals surface area contributed by atoms with E-state index in [1.807, 2.05) is 18.4 Å². The highest BCUT2D eigenvalue weighted by Gasteiger charge is 2.13. The lowest BCUT2D eigenvalue weighted by Crippen LogP contribution is -2.22. The van der Waals surface area contributed by atoms with Crippen LogP contribution in [0.3, 0.4) is 0 Å². The van der Waals surface area contributed by atoms with E-state index < -0.39 is 0 Å². The molecule has 0 aliphatic heterocycles. The second-order valence-corrected chi connectivity index (χ2v) is 5.83. The van der Waals surface area contributed by atoms with Crippen LogP contribution in [-0.4, -0.2) is 11.0 Å². The van der Waals surface area contributed by atoms with Crippen molar-refractivity contribution in [3.63, 3.8) is 0 Å². The number of anilines is 1. The summed E-state index contributed by atoms with van der Waals surface area (Å²) in [5.41, 5.74) is 6.52. The highest BCUT2D eigenvalue weighted by atomic mass is 32.1. The van der Waals surface area contributed by atoms with E-state index in [1.54, 1.807) is 23.5 Å². The Kier molecular flexibility index (Phi) is 4.50. The maximum atomic E-state index is 13.7. The molecule has 3 N–H and O–H groups in total. The second kappa shape index (κ2) is 6.12. The van der Waals surface area contributed by atoms with Gasteiger partial charge in [-0.05, 0) is 30.5 Å². The predicted octanol–water partition coefficient (Wildman–Crippen LogP) is 3.56. The molecule has 0 aliphatic rings. The fourth-order valence-corrected chi connectivity index (χ4v) is 2.98. The van der Waals surface area contributed by atoms with E-state index in [2.05, 4.69) is 11.4 Å². The number of hydrogen-bond donors (Lipinski definition) is 2. The molecule has 1 aromatic heterocycles. The molecule has 0 fully saturated rings. The van der Waals surface area contributed by atoms with Crippen molar-refractivity contribution in [2.75, 3.05) is 5.32 Å². The van der Waals surface area contributed by atoms with E-state index in [1.165, 1.54) is 10.9 Å². The number of benzene rings is 1. The molecule has 0 bridgehead atoms. The molecule has 0 saturated heterocycles. The molecule has 0 saturated carbocycles. The fourth-order valence-electron chi connectivity index (χ4n) is 1.94. The first-order chi connectivity index (χ1) is 9.08.